The molecule has 0 radical (unpaired) electrons. The third kappa shape index (κ3) is 4.80. The van der Waals surface area contributed by atoms with E-state index in [0.717, 1.165) is 36.9 Å². The number of aromatic nitrogens is 1. The summed E-state index contributed by atoms with van der Waals surface area (Å²) in [6, 6.07) is 10.8. The average Bonchev–Trinajstić information content (AvgIpc) is 3.47. The highest BCUT2D eigenvalue weighted by atomic mass is 32.2. The largest absolute Gasteiger partial charge is 0.368 e. The summed E-state index contributed by atoms with van der Waals surface area (Å²) < 4.78 is 32.1. The van der Waals surface area contributed by atoms with Crippen molar-refractivity contribution in [3.63, 3.8) is 0 Å². The van der Waals surface area contributed by atoms with E-state index < -0.39 is 10.0 Å². The third-order valence-electron chi connectivity index (χ3n) is 5.33. The lowest BCUT2D eigenvalue weighted by atomic mass is 10.2. The lowest BCUT2D eigenvalue weighted by Gasteiger charge is -2.15. The third-order valence-corrected chi connectivity index (χ3v) is 7.21. The molecule has 2 aromatic rings. The van der Waals surface area contributed by atoms with E-state index >= 15 is 0 Å². The Balaban J connectivity index is 1.35. The Bertz CT molecular complexity index is 982. The van der Waals surface area contributed by atoms with Gasteiger partial charge in [0.05, 0.1) is 0 Å². The molecule has 1 unspecified atom stereocenters. The number of carbonyl (C=O) groups is 1. The lowest BCUT2D eigenvalue weighted by molar-refractivity contribution is -0.124. The Kier molecular flexibility index (Phi) is 6.31. The summed E-state index contributed by atoms with van der Waals surface area (Å²) in [5.41, 5.74) is 1.69. The number of pyridine rings is 1. The van der Waals surface area contributed by atoms with Crippen LogP contribution in [-0.2, 0) is 26.1 Å². The van der Waals surface area contributed by atoms with Gasteiger partial charge in [0.25, 0.3) is 5.91 Å². The van der Waals surface area contributed by atoms with Crippen LogP contribution in [-0.4, -0.2) is 49.4 Å². The molecule has 1 atom stereocenters. The maximum absolute atomic E-state index is 12.6. The minimum atomic E-state index is -3.45. The van der Waals surface area contributed by atoms with E-state index in [1.165, 1.54) is 10.5 Å². The van der Waals surface area contributed by atoms with E-state index in [2.05, 4.69) is 15.6 Å². The van der Waals surface area contributed by atoms with Crippen LogP contribution in [0.1, 0.15) is 31.2 Å². The molecule has 2 fully saturated rings. The molecule has 160 valence electrons. The highest BCUT2D eigenvalue weighted by Gasteiger charge is 2.27. The highest BCUT2D eigenvalue weighted by molar-refractivity contribution is 7.89. The van der Waals surface area contributed by atoms with Crippen molar-refractivity contribution in [2.24, 2.45) is 0 Å². The predicted octanol–water partition coefficient (Wildman–Crippen LogP) is 2.60. The van der Waals surface area contributed by atoms with Crippen molar-refractivity contribution in [2.75, 3.05) is 30.3 Å². The zero-order chi connectivity index (χ0) is 21.0. The Morgan fingerprint density at radius 2 is 2.00 bits per heavy atom. The summed E-state index contributed by atoms with van der Waals surface area (Å²) in [4.78, 5) is 16.7. The number of anilines is 2. The van der Waals surface area contributed by atoms with Gasteiger partial charge in [-0.2, -0.15) is 4.31 Å². The minimum Gasteiger partial charge on any atom is -0.368 e. The smallest absolute Gasteiger partial charge is 0.253 e. The van der Waals surface area contributed by atoms with Crippen LogP contribution in [0.15, 0.2) is 47.5 Å². The molecule has 0 aliphatic carbocycles. The number of rotatable bonds is 7. The van der Waals surface area contributed by atoms with Crippen LogP contribution in [0.4, 0.5) is 11.5 Å². The molecule has 2 aliphatic heterocycles. The van der Waals surface area contributed by atoms with Crippen molar-refractivity contribution >= 4 is 27.4 Å². The second-order valence-corrected chi connectivity index (χ2v) is 9.47. The number of hydrogen-bond donors (Lipinski definition) is 2. The number of amides is 1. The molecule has 2 saturated heterocycles. The Hall–Kier alpha value is -2.49. The van der Waals surface area contributed by atoms with E-state index in [9.17, 15) is 13.2 Å². The molecule has 0 saturated carbocycles. The summed E-state index contributed by atoms with van der Waals surface area (Å²) in [6.45, 7) is 2.27. The molecule has 1 aromatic carbocycles. The Labute approximate surface area is 176 Å². The van der Waals surface area contributed by atoms with E-state index in [-0.39, 0.29) is 16.9 Å². The van der Waals surface area contributed by atoms with Crippen molar-refractivity contribution in [1.29, 1.82) is 0 Å². The maximum atomic E-state index is 12.6. The molecule has 0 spiro atoms. The standard InChI is InChI=1S/C21H26N4O4S/c26-21(19-7-4-12-29-19)24-17-6-3-5-16(13-17)14-22-20-9-8-18(15-23-20)30(27,28)25-10-1-2-11-25/h3,5-6,8-9,13,15,19H,1-2,4,7,10-12,14H2,(H,22,23)(H,24,26). The Morgan fingerprint density at radius 3 is 2.70 bits per heavy atom. The molecule has 1 amide bonds. The molecule has 4 rings (SSSR count). The van der Waals surface area contributed by atoms with Crippen LogP contribution in [0.5, 0.6) is 0 Å². The molecule has 30 heavy (non-hydrogen) atoms. The predicted molar refractivity (Wildman–Crippen MR) is 114 cm³/mol. The maximum Gasteiger partial charge on any atom is 0.253 e. The van der Waals surface area contributed by atoms with E-state index in [1.807, 2.05) is 24.3 Å². The molecule has 0 bridgehead atoms. The summed E-state index contributed by atoms with van der Waals surface area (Å²) in [7, 11) is -3.45. The number of nitrogens with one attached hydrogen (secondary N) is 2. The number of nitrogens with zero attached hydrogens (tertiary/aromatic N) is 2. The SMILES string of the molecule is O=C(Nc1cccc(CNc2ccc(S(=O)(=O)N3CCCC3)cn2)c1)C1CCCO1. The summed E-state index contributed by atoms with van der Waals surface area (Å²) in [5, 5.41) is 6.08. The van der Waals surface area contributed by atoms with Crippen molar-refractivity contribution < 1.29 is 17.9 Å². The van der Waals surface area contributed by atoms with Gasteiger partial charge < -0.3 is 15.4 Å². The topological polar surface area (TPSA) is 101 Å². The van der Waals surface area contributed by atoms with Crippen LogP contribution in [0.3, 0.4) is 0 Å². The van der Waals surface area contributed by atoms with Crippen LogP contribution in [0.2, 0.25) is 0 Å². The number of benzene rings is 1. The van der Waals surface area contributed by atoms with Crippen molar-refractivity contribution in [2.45, 2.75) is 43.2 Å². The van der Waals surface area contributed by atoms with E-state index in [1.54, 1.807) is 12.1 Å². The molecule has 2 N–H and O–H groups in total. The number of ether oxygens (including phenoxy) is 1. The number of sulfonamides is 1. The lowest BCUT2D eigenvalue weighted by Crippen LogP contribution is -2.27. The van der Waals surface area contributed by atoms with Crippen LogP contribution < -0.4 is 10.6 Å². The first-order chi connectivity index (χ1) is 14.5. The fraction of sp³-hybridized carbons (Fsp3) is 0.429. The summed E-state index contributed by atoms with van der Waals surface area (Å²) in [6.07, 6.45) is 4.49. The van der Waals surface area contributed by atoms with Crippen LogP contribution in [0, 0.1) is 0 Å². The van der Waals surface area contributed by atoms with Gasteiger partial charge in [-0.1, -0.05) is 12.1 Å². The van der Waals surface area contributed by atoms with Gasteiger partial charge in [-0.15, -0.1) is 0 Å². The normalized spacial score (nSPS) is 19.7. The quantitative estimate of drug-likeness (QED) is 0.700. The fourth-order valence-corrected chi connectivity index (χ4v) is 5.14. The van der Waals surface area contributed by atoms with Gasteiger partial charge >= 0.3 is 0 Å². The molecule has 9 heteroatoms. The fourth-order valence-electron chi connectivity index (χ4n) is 3.67. The molecule has 1 aromatic heterocycles. The highest BCUT2D eigenvalue weighted by Crippen LogP contribution is 2.21. The first-order valence-electron chi connectivity index (χ1n) is 10.2. The van der Waals surface area contributed by atoms with Gasteiger partial charge in [-0.3, -0.25) is 4.79 Å². The van der Waals surface area contributed by atoms with Crippen LogP contribution >= 0.6 is 0 Å². The zero-order valence-corrected chi connectivity index (χ0v) is 17.5. The summed E-state index contributed by atoms with van der Waals surface area (Å²) >= 11 is 0. The first-order valence-corrected chi connectivity index (χ1v) is 11.7. The monoisotopic (exact) mass is 430 g/mol. The molecular weight excluding hydrogens is 404 g/mol. The average molecular weight is 431 g/mol. The zero-order valence-electron chi connectivity index (χ0n) is 16.7. The minimum absolute atomic E-state index is 0.117. The van der Waals surface area contributed by atoms with Crippen molar-refractivity contribution in [3.05, 3.63) is 48.2 Å². The molecule has 3 heterocycles. The molecule has 8 nitrogen and oxygen atoms in total. The molecule has 2 aliphatic rings. The summed E-state index contributed by atoms with van der Waals surface area (Å²) in [5.74, 6) is 0.471. The Morgan fingerprint density at radius 1 is 1.17 bits per heavy atom. The second-order valence-electron chi connectivity index (χ2n) is 7.54. The van der Waals surface area contributed by atoms with Crippen LogP contribution in [0.25, 0.3) is 0 Å². The van der Waals surface area contributed by atoms with Crippen molar-refractivity contribution in [1.82, 2.24) is 9.29 Å². The van der Waals surface area contributed by atoms with Gasteiger partial charge in [0.15, 0.2) is 0 Å². The van der Waals surface area contributed by atoms with Gasteiger partial charge in [-0.05, 0) is 55.5 Å². The van der Waals surface area contributed by atoms with Gasteiger partial charge in [0, 0.05) is 38.1 Å². The molecular formula is C21H26N4O4S. The first kappa shape index (κ1) is 20.8. The van der Waals surface area contributed by atoms with Crippen molar-refractivity contribution in [3.8, 4) is 0 Å². The number of hydrogen-bond acceptors (Lipinski definition) is 6. The van der Waals surface area contributed by atoms with E-state index in [4.69, 9.17) is 4.74 Å². The van der Waals surface area contributed by atoms with E-state index in [0.29, 0.717) is 32.1 Å². The number of carbonyl (C=O) groups excluding carboxylic acids is 1. The van der Waals surface area contributed by atoms with Gasteiger partial charge in [0.2, 0.25) is 10.0 Å². The second kappa shape index (κ2) is 9.11. The van der Waals surface area contributed by atoms with Gasteiger partial charge in [0.1, 0.15) is 16.8 Å². The van der Waals surface area contributed by atoms with Gasteiger partial charge in [-0.25, -0.2) is 13.4 Å².